The number of ether oxygens (including phenoxy) is 4. The van der Waals surface area contributed by atoms with Crippen LogP contribution < -0.4 is 0 Å². The highest BCUT2D eigenvalue weighted by molar-refractivity contribution is 5.67. The Labute approximate surface area is 204 Å². The van der Waals surface area contributed by atoms with E-state index in [2.05, 4.69) is 0 Å². The molecule has 2 aliphatic heterocycles. The molecule has 2 aromatic rings. The van der Waals surface area contributed by atoms with Gasteiger partial charge in [0.2, 0.25) is 0 Å². The third-order valence-electron chi connectivity index (χ3n) is 6.42. The molecule has 0 spiro atoms. The first-order valence-electron chi connectivity index (χ1n) is 11.7. The van der Waals surface area contributed by atoms with Gasteiger partial charge in [-0.3, -0.25) is 0 Å². The van der Waals surface area contributed by atoms with Gasteiger partial charge in [-0.05, 0) is 31.4 Å². The number of hydrogen-bond acceptors (Lipinski definition) is 8. The summed E-state index contributed by atoms with van der Waals surface area (Å²) in [5.41, 5.74) is 0.154. The molecule has 35 heavy (non-hydrogen) atoms. The topological polar surface area (TPSA) is 118 Å². The SMILES string of the molecule is CC1(C)O[C@H]2O[C@](CCN(Cc3ccccc3)C(=O)OCc3ccccc3)([C@H](O)CO)[C@@H](O)[C@H]2O1. The molecule has 0 radical (unpaired) electrons. The number of aliphatic hydroxyl groups excluding tert-OH is 3. The highest BCUT2D eigenvalue weighted by Crippen LogP contribution is 2.45. The predicted molar refractivity (Wildman–Crippen MR) is 125 cm³/mol. The van der Waals surface area contributed by atoms with Crippen molar-refractivity contribution in [2.75, 3.05) is 13.2 Å². The summed E-state index contributed by atoms with van der Waals surface area (Å²) in [4.78, 5) is 14.6. The molecule has 0 aliphatic carbocycles. The van der Waals surface area contributed by atoms with Crippen LogP contribution in [-0.4, -0.2) is 75.5 Å². The fourth-order valence-electron chi connectivity index (χ4n) is 4.59. The van der Waals surface area contributed by atoms with E-state index in [4.69, 9.17) is 18.9 Å². The summed E-state index contributed by atoms with van der Waals surface area (Å²) >= 11 is 0. The van der Waals surface area contributed by atoms with Crippen molar-refractivity contribution in [2.24, 2.45) is 0 Å². The van der Waals surface area contributed by atoms with E-state index >= 15 is 0 Å². The number of rotatable bonds is 9. The van der Waals surface area contributed by atoms with Crippen LogP contribution in [0.15, 0.2) is 60.7 Å². The second kappa shape index (κ2) is 10.6. The molecule has 2 heterocycles. The van der Waals surface area contributed by atoms with E-state index in [1.165, 1.54) is 4.90 Å². The van der Waals surface area contributed by atoms with Crippen LogP contribution in [0, 0.1) is 0 Å². The predicted octanol–water partition coefficient (Wildman–Crippen LogP) is 2.18. The van der Waals surface area contributed by atoms with Gasteiger partial charge in [-0.15, -0.1) is 0 Å². The first-order chi connectivity index (χ1) is 16.7. The molecule has 9 nitrogen and oxygen atoms in total. The Hall–Kier alpha value is -2.53. The Bertz CT molecular complexity index is 972. The van der Waals surface area contributed by atoms with Crippen molar-refractivity contribution in [1.82, 2.24) is 4.90 Å². The van der Waals surface area contributed by atoms with E-state index in [-0.39, 0.29) is 26.1 Å². The lowest BCUT2D eigenvalue weighted by atomic mass is 9.86. The van der Waals surface area contributed by atoms with E-state index < -0.39 is 48.7 Å². The average Bonchev–Trinajstić information content (AvgIpc) is 3.30. The lowest BCUT2D eigenvalue weighted by Gasteiger charge is -2.38. The van der Waals surface area contributed by atoms with E-state index in [1.807, 2.05) is 60.7 Å². The van der Waals surface area contributed by atoms with Gasteiger partial charge in [0.05, 0.1) is 6.61 Å². The van der Waals surface area contributed by atoms with Gasteiger partial charge in [0, 0.05) is 13.1 Å². The van der Waals surface area contributed by atoms with Gasteiger partial charge < -0.3 is 39.2 Å². The fourth-order valence-corrected chi connectivity index (χ4v) is 4.59. The van der Waals surface area contributed by atoms with Crippen molar-refractivity contribution < 1.29 is 39.1 Å². The third kappa shape index (κ3) is 5.66. The highest BCUT2D eigenvalue weighted by Gasteiger charge is 2.63. The molecule has 2 saturated heterocycles. The van der Waals surface area contributed by atoms with Crippen molar-refractivity contribution in [1.29, 1.82) is 0 Å². The summed E-state index contributed by atoms with van der Waals surface area (Å²) in [5, 5.41) is 31.5. The first-order valence-corrected chi connectivity index (χ1v) is 11.7. The van der Waals surface area contributed by atoms with Crippen LogP contribution in [0.2, 0.25) is 0 Å². The van der Waals surface area contributed by atoms with Crippen LogP contribution in [0.1, 0.15) is 31.4 Å². The first kappa shape index (κ1) is 25.6. The van der Waals surface area contributed by atoms with Crippen LogP contribution in [0.3, 0.4) is 0 Å². The minimum atomic E-state index is -1.59. The van der Waals surface area contributed by atoms with Crippen LogP contribution in [-0.2, 0) is 32.1 Å². The molecule has 9 heteroatoms. The maximum absolute atomic E-state index is 13.1. The molecule has 4 rings (SSSR count). The van der Waals surface area contributed by atoms with Crippen molar-refractivity contribution in [3.05, 3.63) is 71.8 Å². The Morgan fingerprint density at radius 2 is 1.66 bits per heavy atom. The normalized spacial score (nSPS) is 27.9. The second-order valence-electron chi connectivity index (χ2n) is 9.38. The van der Waals surface area contributed by atoms with Crippen molar-refractivity contribution in [3.63, 3.8) is 0 Å². The monoisotopic (exact) mass is 487 g/mol. The van der Waals surface area contributed by atoms with Gasteiger partial charge in [-0.1, -0.05) is 60.7 Å². The minimum Gasteiger partial charge on any atom is -0.445 e. The smallest absolute Gasteiger partial charge is 0.410 e. The number of aliphatic hydroxyl groups is 3. The fraction of sp³-hybridized carbons (Fsp3) is 0.500. The van der Waals surface area contributed by atoms with Crippen LogP contribution in [0.25, 0.3) is 0 Å². The van der Waals surface area contributed by atoms with Crippen molar-refractivity contribution in [2.45, 2.75) is 69.4 Å². The largest absolute Gasteiger partial charge is 0.445 e. The number of fused-ring (bicyclic) bond motifs is 1. The zero-order chi connectivity index (χ0) is 25.1. The Morgan fingerprint density at radius 1 is 1.03 bits per heavy atom. The Morgan fingerprint density at radius 3 is 2.26 bits per heavy atom. The number of carbonyl (C=O) groups is 1. The van der Waals surface area contributed by atoms with Gasteiger partial charge in [-0.2, -0.15) is 0 Å². The molecule has 0 unspecified atom stereocenters. The van der Waals surface area contributed by atoms with Gasteiger partial charge in [-0.25, -0.2) is 4.79 Å². The number of nitrogens with zero attached hydrogens (tertiary/aromatic N) is 1. The molecule has 0 saturated carbocycles. The summed E-state index contributed by atoms with van der Waals surface area (Å²) in [6.07, 6.45) is -4.98. The summed E-state index contributed by atoms with van der Waals surface area (Å²) in [6.45, 7) is 3.21. The van der Waals surface area contributed by atoms with E-state index in [0.717, 1.165) is 11.1 Å². The number of hydrogen-bond donors (Lipinski definition) is 3. The van der Waals surface area contributed by atoms with Crippen LogP contribution >= 0.6 is 0 Å². The lowest BCUT2D eigenvalue weighted by Crippen LogP contribution is -2.56. The summed E-state index contributed by atoms with van der Waals surface area (Å²) in [6, 6.07) is 18.8. The third-order valence-corrected chi connectivity index (χ3v) is 6.42. The van der Waals surface area contributed by atoms with Gasteiger partial charge in [0.15, 0.2) is 12.1 Å². The highest BCUT2D eigenvalue weighted by atomic mass is 16.8. The van der Waals surface area contributed by atoms with Crippen LogP contribution in [0.5, 0.6) is 0 Å². The number of carbonyl (C=O) groups excluding carboxylic acids is 1. The molecule has 190 valence electrons. The summed E-state index contributed by atoms with van der Waals surface area (Å²) < 4.78 is 23.1. The summed E-state index contributed by atoms with van der Waals surface area (Å²) in [5.74, 6) is -0.951. The zero-order valence-electron chi connectivity index (χ0n) is 19.9. The molecular weight excluding hydrogens is 454 g/mol. The average molecular weight is 488 g/mol. The molecule has 0 aromatic heterocycles. The van der Waals surface area contributed by atoms with E-state index in [1.54, 1.807) is 13.8 Å². The summed E-state index contributed by atoms with van der Waals surface area (Å²) in [7, 11) is 0. The number of amides is 1. The van der Waals surface area contributed by atoms with E-state index in [0.29, 0.717) is 0 Å². The quantitative estimate of drug-likeness (QED) is 0.493. The molecule has 2 aromatic carbocycles. The van der Waals surface area contributed by atoms with Crippen LogP contribution in [0.4, 0.5) is 4.79 Å². The zero-order valence-corrected chi connectivity index (χ0v) is 19.9. The van der Waals surface area contributed by atoms with E-state index in [9.17, 15) is 20.1 Å². The van der Waals surface area contributed by atoms with Crippen molar-refractivity contribution >= 4 is 6.09 Å². The second-order valence-corrected chi connectivity index (χ2v) is 9.38. The molecule has 2 fully saturated rings. The molecule has 2 aliphatic rings. The molecule has 3 N–H and O–H groups in total. The molecule has 0 bridgehead atoms. The number of benzene rings is 2. The maximum Gasteiger partial charge on any atom is 0.410 e. The van der Waals surface area contributed by atoms with Gasteiger partial charge in [0.25, 0.3) is 0 Å². The lowest BCUT2D eigenvalue weighted by molar-refractivity contribution is -0.263. The van der Waals surface area contributed by atoms with Crippen molar-refractivity contribution in [3.8, 4) is 0 Å². The van der Waals surface area contributed by atoms with Gasteiger partial charge >= 0.3 is 6.09 Å². The van der Waals surface area contributed by atoms with Gasteiger partial charge in [0.1, 0.15) is 30.5 Å². The molecular formula is C26H33NO8. The molecule has 5 atom stereocenters. The Kier molecular flexibility index (Phi) is 7.75. The maximum atomic E-state index is 13.1. The standard InChI is InChI=1S/C26H33NO8/c1-25(2)33-21-22(30)26(20(29)16-28,35-23(21)34-25)13-14-27(15-18-9-5-3-6-10-18)24(31)32-17-19-11-7-4-8-12-19/h3-12,20-23,28-30H,13-17H2,1-2H3/t20-,21-,22+,23+,26-/m1/s1. The molecule has 1 amide bonds. The Balaban J connectivity index is 1.50. The minimum absolute atomic E-state index is 0.0172.